The van der Waals surface area contributed by atoms with E-state index in [1.54, 1.807) is 0 Å². The van der Waals surface area contributed by atoms with Crippen LogP contribution in [0.2, 0.25) is 0 Å². The lowest BCUT2D eigenvalue weighted by molar-refractivity contribution is -0.109. The fourth-order valence-corrected chi connectivity index (χ4v) is 0.794. The summed E-state index contributed by atoms with van der Waals surface area (Å²) in [5.74, 6) is 6.01. The number of amides is 1. The Balaban J connectivity index is 3.15. The second kappa shape index (κ2) is 9.08. The lowest BCUT2D eigenvalue weighted by Gasteiger charge is -2.03. The van der Waals surface area contributed by atoms with Crippen molar-refractivity contribution in [1.29, 1.82) is 0 Å². The maximum absolute atomic E-state index is 9.85. The SMILES string of the molecule is CC(C)NCCC#CCCNC=O. The molecule has 3 heteroatoms. The average Bonchev–Trinajstić information content (AvgIpc) is 2.09. The molecule has 0 spiro atoms. The van der Waals surface area contributed by atoms with Crippen molar-refractivity contribution in [2.75, 3.05) is 13.1 Å². The molecule has 0 aromatic rings. The van der Waals surface area contributed by atoms with Crippen LogP contribution in [-0.4, -0.2) is 25.5 Å². The van der Waals surface area contributed by atoms with Gasteiger partial charge in [-0.15, -0.1) is 11.8 Å². The van der Waals surface area contributed by atoms with Crippen LogP contribution in [0.1, 0.15) is 26.7 Å². The maximum atomic E-state index is 9.85. The molecule has 0 aliphatic rings. The van der Waals surface area contributed by atoms with Gasteiger partial charge in [-0.05, 0) is 0 Å². The Kier molecular flexibility index (Phi) is 8.38. The van der Waals surface area contributed by atoms with Gasteiger partial charge in [0.1, 0.15) is 0 Å². The van der Waals surface area contributed by atoms with Crippen molar-refractivity contribution in [3.05, 3.63) is 0 Å². The van der Waals surface area contributed by atoms with Gasteiger partial charge in [0.15, 0.2) is 0 Å². The number of carbonyl (C=O) groups excluding carboxylic acids is 1. The van der Waals surface area contributed by atoms with Gasteiger partial charge in [0, 0.05) is 32.0 Å². The number of carbonyl (C=O) groups is 1. The molecular weight excluding hydrogens is 164 g/mol. The third kappa shape index (κ3) is 11.0. The first-order valence-electron chi connectivity index (χ1n) is 4.63. The predicted octanol–water partition coefficient (Wildman–Crippen LogP) is 0.514. The number of hydrogen-bond donors (Lipinski definition) is 2. The molecule has 0 aromatic heterocycles. The van der Waals surface area contributed by atoms with Crippen LogP contribution in [0, 0.1) is 11.8 Å². The van der Waals surface area contributed by atoms with Gasteiger partial charge in [-0.2, -0.15) is 0 Å². The van der Waals surface area contributed by atoms with Gasteiger partial charge in [-0.25, -0.2) is 0 Å². The van der Waals surface area contributed by atoms with E-state index in [4.69, 9.17) is 0 Å². The molecule has 0 radical (unpaired) electrons. The van der Waals surface area contributed by atoms with Crippen LogP contribution in [0.5, 0.6) is 0 Å². The van der Waals surface area contributed by atoms with E-state index in [0.717, 1.165) is 19.4 Å². The molecule has 0 saturated heterocycles. The molecule has 0 bridgehead atoms. The zero-order chi connectivity index (χ0) is 9.94. The lowest BCUT2D eigenvalue weighted by Crippen LogP contribution is -2.23. The van der Waals surface area contributed by atoms with E-state index in [-0.39, 0.29) is 0 Å². The summed E-state index contributed by atoms with van der Waals surface area (Å²) in [5, 5.41) is 5.83. The summed E-state index contributed by atoms with van der Waals surface area (Å²) < 4.78 is 0. The van der Waals surface area contributed by atoms with Crippen LogP contribution in [0.15, 0.2) is 0 Å². The van der Waals surface area contributed by atoms with Crippen molar-refractivity contribution < 1.29 is 4.79 Å². The number of hydrogen-bond acceptors (Lipinski definition) is 2. The first-order chi connectivity index (χ1) is 6.27. The van der Waals surface area contributed by atoms with E-state index < -0.39 is 0 Å². The maximum Gasteiger partial charge on any atom is 0.207 e. The quantitative estimate of drug-likeness (QED) is 0.357. The molecule has 13 heavy (non-hydrogen) atoms. The summed E-state index contributed by atoms with van der Waals surface area (Å²) in [5.41, 5.74) is 0. The molecule has 1 amide bonds. The Morgan fingerprint density at radius 2 is 1.85 bits per heavy atom. The van der Waals surface area contributed by atoms with Crippen LogP contribution in [-0.2, 0) is 4.79 Å². The number of rotatable bonds is 6. The molecule has 0 atom stereocenters. The lowest BCUT2D eigenvalue weighted by atomic mass is 10.3. The van der Waals surface area contributed by atoms with Crippen LogP contribution < -0.4 is 10.6 Å². The highest BCUT2D eigenvalue weighted by molar-refractivity contribution is 5.45. The first-order valence-corrected chi connectivity index (χ1v) is 4.63. The van der Waals surface area contributed by atoms with E-state index in [1.165, 1.54) is 0 Å². The van der Waals surface area contributed by atoms with E-state index >= 15 is 0 Å². The fraction of sp³-hybridized carbons (Fsp3) is 0.700. The van der Waals surface area contributed by atoms with E-state index in [2.05, 4.69) is 36.3 Å². The highest BCUT2D eigenvalue weighted by Crippen LogP contribution is 1.79. The Morgan fingerprint density at radius 3 is 2.38 bits per heavy atom. The molecule has 0 unspecified atom stereocenters. The van der Waals surface area contributed by atoms with Gasteiger partial charge in [0.25, 0.3) is 0 Å². The minimum atomic E-state index is 0.526. The molecule has 0 aromatic carbocycles. The highest BCUT2D eigenvalue weighted by atomic mass is 16.1. The zero-order valence-electron chi connectivity index (χ0n) is 8.39. The van der Waals surface area contributed by atoms with Gasteiger partial charge in [-0.3, -0.25) is 4.79 Å². The van der Waals surface area contributed by atoms with Crippen molar-refractivity contribution in [1.82, 2.24) is 10.6 Å². The Labute approximate surface area is 80.3 Å². The van der Waals surface area contributed by atoms with Crippen LogP contribution in [0.4, 0.5) is 0 Å². The Morgan fingerprint density at radius 1 is 1.23 bits per heavy atom. The predicted molar refractivity (Wildman–Crippen MR) is 54.2 cm³/mol. The largest absolute Gasteiger partial charge is 0.358 e. The number of nitrogens with one attached hydrogen (secondary N) is 2. The average molecular weight is 182 g/mol. The van der Waals surface area contributed by atoms with Crippen LogP contribution in [0.25, 0.3) is 0 Å². The minimum Gasteiger partial charge on any atom is -0.358 e. The molecule has 0 rings (SSSR count). The summed E-state index contributed by atoms with van der Waals surface area (Å²) in [6, 6.07) is 0.526. The van der Waals surface area contributed by atoms with E-state index in [0.29, 0.717) is 19.0 Å². The topological polar surface area (TPSA) is 41.1 Å². The molecule has 0 saturated carbocycles. The molecule has 3 nitrogen and oxygen atoms in total. The monoisotopic (exact) mass is 182 g/mol. The molecule has 74 valence electrons. The van der Waals surface area contributed by atoms with E-state index in [9.17, 15) is 4.79 Å². The van der Waals surface area contributed by atoms with Crippen molar-refractivity contribution in [2.45, 2.75) is 32.7 Å². The zero-order valence-corrected chi connectivity index (χ0v) is 8.39. The van der Waals surface area contributed by atoms with Crippen molar-refractivity contribution in [3.63, 3.8) is 0 Å². The van der Waals surface area contributed by atoms with Gasteiger partial charge in [0.05, 0.1) is 0 Å². The summed E-state index contributed by atoms with van der Waals surface area (Å²) >= 11 is 0. The minimum absolute atomic E-state index is 0.526. The highest BCUT2D eigenvalue weighted by Gasteiger charge is 1.87. The summed E-state index contributed by atoms with van der Waals surface area (Å²) in [6.45, 7) is 5.81. The van der Waals surface area contributed by atoms with E-state index in [1.807, 2.05) is 0 Å². The standard InChI is InChI=1S/C10H18N2O/c1-10(2)12-8-6-4-3-5-7-11-9-13/h9-10,12H,5-8H2,1-2H3,(H,11,13). The van der Waals surface area contributed by atoms with Crippen molar-refractivity contribution in [2.24, 2.45) is 0 Å². The summed E-state index contributed by atoms with van der Waals surface area (Å²) in [4.78, 5) is 9.85. The molecular formula is C10H18N2O. The van der Waals surface area contributed by atoms with Gasteiger partial charge >= 0.3 is 0 Å². The third-order valence-corrected chi connectivity index (χ3v) is 1.41. The molecule has 2 N–H and O–H groups in total. The van der Waals surface area contributed by atoms with Crippen LogP contribution in [0.3, 0.4) is 0 Å². The smallest absolute Gasteiger partial charge is 0.207 e. The third-order valence-electron chi connectivity index (χ3n) is 1.41. The normalized spacial score (nSPS) is 9.15. The van der Waals surface area contributed by atoms with Gasteiger partial charge < -0.3 is 10.6 Å². The molecule has 0 aliphatic carbocycles. The van der Waals surface area contributed by atoms with Crippen molar-refractivity contribution >= 4 is 6.41 Å². The Hall–Kier alpha value is -1.01. The second-order valence-electron chi connectivity index (χ2n) is 3.03. The Bertz CT molecular complexity index is 179. The first kappa shape index (κ1) is 12.0. The second-order valence-corrected chi connectivity index (χ2v) is 3.03. The molecule has 0 heterocycles. The van der Waals surface area contributed by atoms with Gasteiger partial charge in [0.2, 0.25) is 6.41 Å². The summed E-state index contributed by atoms with van der Waals surface area (Å²) in [6.07, 6.45) is 2.31. The van der Waals surface area contributed by atoms with Gasteiger partial charge in [-0.1, -0.05) is 13.8 Å². The molecule has 0 aliphatic heterocycles. The summed E-state index contributed by atoms with van der Waals surface area (Å²) in [7, 11) is 0. The molecule has 0 fully saturated rings. The van der Waals surface area contributed by atoms with Crippen LogP contribution >= 0.6 is 0 Å². The van der Waals surface area contributed by atoms with Crippen molar-refractivity contribution in [3.8, 4) is 11.8 Å². The fourth-order valence-electron chi connectivity index (χ4n) is 0.794.